The molecule has 0 fully saturated rings. The Morgan fingerprint density at radius 3 is 2.48 bits per heavy atom. The number of hydrogen-bond acceptors (Lipinski definition) is 4. The maximum absolute atomic E-state index is 12.1. The molecule has 6 nitrogen and oxygen atoms in total. The summed E-state index contributed by atoms with van der Waals surface area (Å²) in [6, 6.07) is 16.0. The molecule has 140 valence electrons. The molecule has 27 heavy (non-hydrogen) atoms. The average Bonchev–Trinajstić information content (AvgIpc) is 2.67. The number of benzene rings is 2. The first-order valence-corrected chi connectivity index (χ1v) is 9.01. The second kappa shape index (κ2) is 8.51. The highest BCUT2D eigenvalue weighted by Crippen LogP contribution is 2.28. The lowest BCUT2D eigenvalue weighted by Gasteiger charge is -2.17. The van der Waals surface area contributed by atoms with Crippen molar-refractivity contribution < 1.29 is 9.53 Å². The molecule has 2 aromatic carbocycles. The van der Waals surface area contributed by atoms with Crippen molar-refractivity contribution >= 4 is 22.5 Å². The number of carbonyl (C=O) groups excluding carboxylic acids is 1. The van der Waals surface area contributed by atoms with Crippen molar-refractivity contribution in [2.45, 2.75) is 13.8 Å². The van der Waals surface area contributed by atoms with Gasteiger partial charge in [0.1, 0.15) is 11.5 Å². The molecule has 0 spiro atoms. The van der Waals surface area contributed by atoms with E-state index >= 15 is 0 Å². The van der Waals surface area contributed by atoms with Gasteiger partial charge in [-0.25, -0.2) is 0 Å². The zero-order valence-electron chi connectivity index (χ0n) is 15.5. The van der Waals surface area contributed by atoms with Crippen molar-refractivity contribution in [2.75, 3.05) is 25.0 Å². The maximum atomic E-state index is 12.1. The molecule has 6 heteroatoms. The second-order valence-electron chi connectivity index (χ2n) is 6.18. The number of rotatable bonds is 7. The van der Waals surface area contributed by atoms with Crippen molar-refractivity contribution in [1.29, 1.82) is 0 Å². The minimum Gasteiger partial charge on any atom is -0.456 e. The van der Waals surface area contributed by atoms with Gasteiger partial charge < -0.3 is 15.0 Å². The quantitative estimate of drug-likeness (QED) is 0.671. The van der Waals surface area contributed by atoms with Gasteiger partial charge in [0.15, 0.2) is 0 Å². The third-order valence-electron chi connectivity index (χ3n) is 4.34. The molecule has 3 rings (SSSR count). The Balaban J connectivity index is 1.72. The molecule has 0 unspecified atom stereocenters. The Morgan fingerprint density at radius 1 is 1.07 bits per heavy atom. The Morgan fingerprint density at radius 2 is 1.78 bits per heavy atom. The van der Waals surface area contributed by atoms with E-state index < -0.39 is 0 Å². The number of aromatic nitrogens is 1. The van der Waals surface area contributed by atoms with Crippen LogP contribution in [-0.4, -0.2) is 35.4 Å². The van der Waals surface area contributed by atoms with E-state index in [1.165, 1.54) is 6.07 Å². The molecule has 1 aromatic heterocycles. The number of nitrogens with one attached hydrogen (secondary N) is 2. The summed E-state index contributed by atoms with van der Waals surface area (Å²) < 4.78 is 5.89. The largest absolute Gasteiger partial charge is 0.456 e. The van der Waals surface area contributed by atoms with Gasteiger partial charge in [-0.15, -0.1) is 0 Å². The molecular weight excluding hydrogens is 342 g/mol. The normalized spacial score (nSPS) is 10.9. The number of ether oxygens (including phenoxy) is 1. The summed E-state index contributed by atoms with van der Waals surface area (Å²) in [6.45, 7) is 6.09. The highest BCUT2D eigenvalue weighted by Gasteiger charge is 2.09. The lowest BCUT2D eigenvalue weighted by atomic mass is 10.2. The smallest absolute Gasteiger partial charge is 0.252 e. The number of hydrogen-bond donors (Lipinski definition) is 2. The Hall–Kier alpha value is -3.12. The molecule has 1 heterocycles. The number of pyridine rings is 1. The van der Waals surface area contributed by atoms with Crippen LogP contribution in [0.2, 0.25) is 0 Å². The summed E-state index contributed by atoms with van der Waals surface area (Å²) in [4.78, 5) is 28.7. The Kier molecular flexibility index (Phi) is 5.88. The molecule has 0 aliphatic heterocycles. The van der Waals surface area contributed by atoms with Crippen molar-refractivity contribution in [1.82, 2.24) is 9.88 Å². The van der Waals surface area contributed by atoms with E-state index in [2.05, 4.69) is 10.3 Å². The SMILES string of the molecule is CCN(CC)CC(=O)Nc1ccc(Oc2cc(=O)[nH]c3ccccc23)cc1. The van der Waals surface area contributed by atoms with E-state index in [0.717, 1.165) is 24.0 Å². The molecule has 0 saturated heterocycles. The van der Waals surface area contributed by atoms with E-state index in [9.17, 15) is 9.59 Å². The monoisotopic (exact) mass is 365 g/mol. The maximum Gasteiger partial charge on any atom is 0.252 e. The number of likely N-dealkylation sites (N-methyl/N-ethyl adjacent to an activating group) is 1. The summed E-state index contributed by atoms with van der Waals surface area (Å²) in [7, 11) is 0. The highest BCUT2D eigenvalue weighted by molar-refractivity contribution is 5.92. The molecule has 1 amide bonds. The van der Waals surface area contributed by atoms with Crippen LogP contribution >= 0.6 is 0 Å². The zero-order chi connectivity index (χ0) is 19.2. The van der Waals surface area contributed by atoms with Gasteiger partial charge in [-0.2, -0.15) is 0 Å². The van der Waals surface area contributed by atoms with Gasteiger partial charge >= 0.3 is 0 Å². The van der Waals surface area contributed by atoms with Crippen LogP contribution in [-0.2, 0) is 4.79 Å². The first-order valence-electron chi connectivity index (χ1n) is 9.01. The third kappa shape index (κ3) is 4.74. The molecule has 3 aromatic rings. The van der Waals surface area contributed by atoms with Crippen LogP contribution in [0.4, 0.5) is 5.69 Å². The third-order valence-corrected chi connectivity index (χ3v) is 4.34. The minimum atomic E-state index is -0.219. The number of amides is 1. The molecule has 0 radical (unpaired) electrons. The minimum absolute atomic E-state index is 0.0482. The van der Waals surface area contributed by atoms with E-state index in [-0.39, 0.29) is 11.5 Å². The number of nitrogens with zero attached hydrogens (tertiary/aromatic N) is 1. The number of H-pyrrole nitrogens is 1. The molecule has 2 N–H and O–H groups in total. The summed E-state index contributed by atoms with van der Waals surface area (Å²) in [5.74, 6) is 1.04. The zero-order valence-corrected chi connectivity index (χ0v) is 15.5. The fourth-order valence-electron chi connectivity index (χ4n) is 2.84. The van der Waals surface area contributed by atoms with Crippen LogP contribution < -0.4 is 15.6 Å². The number of anilines is 1. The van der Waals surface area contributed by atoms with E-state index in [4.69, 9.17) is 4.74 Å². The fraction of sp³-hybridized carbons (Fsp3) is 0.238. The van der Waals surface area contributed by atoms with Crippen molar-refractivity contribution in [2.24, 2.45) is 0 Å². The average molecular weight is 365 g/mol. The van der Waals surface area contributed by atoms with Crippen LogP contribution in [0, 0.1) is 0 Å². The van der Waals surface area contributed by atoms with Crippen molar-refractivity contribution in [3.05, 3.63) is 65.0 Å². The fourth-order valence-corrected chi connectivity index (χ4v) is 2.84. The molecule has 0 saturated carbocycles. The highest BCUT2D eigenvalue weighted by atomic mass is 16.5. The van der Waals surface area contributed by atoms with Gasteiger partial charge in [-0.05, 0) is 49.5 Å². The van der Waals surface area contributed by atoms with Crippen molar-refractivity contribution in [3.63, 3.8) is 0 Å². The van der Waals surface area contributed by atoms with Gasteiger partial charge in [0, 0.05) is 17.1 Å². The topological polar surface area (TPSA) is 74.4 Å². The van der Waals surface area contributed by atoms with Gasteiger partial charge in [0.2, 0.25) is 5.91 Å². The Bertz CT molecular complexity index is 976. The van der Waals surface area contributed by atoms with Crippen LogP contribution in [0.3, 0.4) is 0 Å². The van der Waals surface area contributed by atoms with Crippen LogP contribution in [0.1, 0.15) is 13.8 Å². The molecule has 0 aliphatic rings. The summed E-state index contributed by atoms with van der Waals surface area (Å²) in [5, 5.41) is 3.71. The van der Waals surface area contributed by atoms with Crippen LogP contribution in [0.5, 0.6) is 11.5 Å². The Labute approximate surface area is 157 Å². The van der Waals surface area contributed by atoms with Gasteiger partial charge in [0.25, 0.3) is 5.56 Å². The van der Waals surface area contributed by atoms with Crippen molar-refractivity contribution in [3.8, 4) is 11.5 Å². The number of fused-ring (bicyclic) bond motifs is 1. The number of aromatic amines is 1. The van der Waals surface area contributed by atoms with Gasteiger partial charge in [-0.1, -0.05) is 26.0 Å². The predicted molar refractivity (Wildman–Crippen MR) is 108 cm³/mol. The summed E-state index contributed by atoms with van der Waals surface area (Å²) in [5.41, 5.74) is 1.21. The molecule has 0 aliphatic carbocycles. The first kappa shape index (κ1) is 18.7. The summed E-state index contributed by atoms with van der Waals surface area (Å²) in [6.07, 6.45) is 0. The lowest BCUT2D eigenvalue weighted by Crippen LogP contribution is -2.32. The first-order chi connectivity index (χ1) is 13.1. The lowest BCUT2D eigenvalue weighted by molar-refractivity contribution is -0.117. The molecule has 0 bridgehead atoms. The van der Waals surface area contributed by atoms with E-state index in [1.807, 2.05) is 43.0 Å². The predicted octanol–water partition coefficient (Wildman–Crippen LogP) is 3.60. The van der Waals surface area contributed by atoms with Gasteiger partial charge in [-0.3, -0.25) is 14.5 Å². The number of para-hydroxylation sites is 1. The summed E-state index contributed by atoms with van der Waals surface area (Å²) >= 11 is 0. The van der Waals surface area contributed by atoms with E-state index in [0.29, 0.717) is 23.7 Å². The van der Waals surface area contributed by atoms with Gasteiger partial charge in [0.05, 0.1) is 12.1 Å². The molecular formula is C21H23N3O3. The standard InChI is InChI=1S/C21H23N3O3/c1-3-24(4-2)14-21(26)22-15-9-11-16(12-10-15)27-19-13-20(25)23-18-8-6-5-7-17(18)19/h5-13H,3-4,14H2,1-2H3,(H,22,26)(H,23,25). The van der Waals surface area contributed by atoms with E-state index in [1.54, 1.807) is 24.3 Å². The molecule has 0 atom stereocenters. The van der Waals surface area contributed by atoms with Crippen LogP contribution in [0.25, 0.3) is 10.9 Å². The van der Waals surface area contributed by atoms with Crippen LogP contribution in [0.15, 0.2) is 59.4 Å². The second-order valence-corrected chi connectivity index (χ2v) is 6.18. The number of carbonyl (C=O) groups is 1.